The molecule has 1 amide bonds. The van der Waals surface area contributed by atoms with Crippen LogP contribution in [-0.4, -0.2) is 16.8 Å². The Labute approximate surface area is 122 Å². The zero-order chi connectivity index (χ0) is 15.2. The molecule has 0 aromatic heterocycles. The zero-order valence-electron chi connectivity index (χ0n) is 11.4. The maximum atomic E-state index is 12.3. The summed E-state index contributed by atoms with van der Waals surface area (Å²) < 4.78 is 0. The minimum absolute atomic E-state index is 0.0315. The van der Waals surface area contributed by atoms with Gasteiger partial charge in [-0.05, 0) is 24.3 Å². The van der Waals surface area contributed by atoms with Crippen LogP contribution in [0.3, 0.4) is 0 Å². The maximum absolute atomic E-state index is 12.3. The number of phenolic OH excluding ortho intramolecular Hbond substituents is 1. The van der Waals surface area contributed by atoms with Gasteiger partial charge in [-0.15, -0.1) is 0 Å². The Morgan fingerprint density at radius 1 is 1.10 bits per heavy atom. The lowest BCUT2D eigenvalue weighted by atomic mass is 10.0. The number of phenols is 1. The van der Waals surface area contributed by atoms with Crippen LogP contribution in [-0.2, 0) is 11.3 Å². The topological polar surface area (TPSA) is 66.4 Å². The normalized spacial score (nSPS) is 9.90. The molecule has 2 aromatic carbocycles. The van der Waals surface area contributed by atoms with Crippen LogP contribution in [0.15, 0.2) is 61.2 Å². The van der Waals surface area contributed by atoms with Crippen molar-refractivity contribution in [1.82, 2.24) is 5.32 Å². The third-order valence-corrected chi connectivity index (χ3v) is 3.02. The first-order chi connectivity index (χ1) is 10.1. The predicted octanol–water partition coefficient (Wildman–Crippen LogP) is 2.43. The summed E-state index contributed by atoms with van der Waals surface area (Å²) in [5, 5.41) is 12.4. The fraction of sp³-hybridized carbons (Fsp3) is 0.0588. The molecule has 0 heterocycles. The lowest BCUT2D eigenvalue weighted by molar-refractivity contribution is -0.116. The molecule has 0 bridgehead atoms. The molecule has 21 heavy (non-hydrogen) atoms. The van der Waals surface area contributed by atoms with E-state index < -0.39 is 0 Å². The molecule has 2 aromatic rings. The van der Waals surface area contributed by atoms with Crippen LogP contribution in [0, 0.1) is 0 Å². The van der Waals surface area contributed by atoms with Gasteiger partial charge in [0, 0.05) is 23.2 Å². The van der Waals surface area contributed by atoms with E-state index in [9.17, 15) is 14.7 Å². The highest BCUT2D eigenvalue weighted by Crippen LogP contribution is 2.20. The molecule has 2 rings (SSSR count). The van der Waals surface area contributed by atoms with Gasteiger partial charge in [0.15, 0.2) is 5.78 Å². The highest BCUT2D eigenvalue weighted by molar-refractivity contribution is 6.09. The molecular formula is C17H15NO3. The van der Waals surface area contributed by atoms with E-state index in [2.05, 4.69) is 11.9 Å². The molecule has 0 aliphatic carbocycles. The van der Waals surface area contributed by atoms with E-state index in [-0.39, 0.29) is 24.0 Å². The van der Waals surface area contributed by atoms with E-state index >= 15 is 0 Å². The third kappa shape index (κ3) is 3.57. The van der Waals surface area contributed by atoms with Crippen molar-refractivity contribution >= 4 is 11.7 Å². The van der Waals surface area contributed by atoms with Crippen molar-refractivity contribution in [3.63, 3.8) is 0 Å². The van der Waals surface area contributed by atoms with Gasteiger partial charge in [0.25, 0.3) is 0 Å². The van der Waals surface area contributed by atoms with Gasteiger partial charge in [0.2, 0.25) is 5.91 Å². The molecule has 2 N–H and O–H groups in total. The summed E-state index contributed by atoms with van der Waals surface area (Å²) in [6.07, 6.45) is 1.15. The molecule has 0 saturated heterocycles. The van der Waals surface area contributed by atoms with Gasteiger partial charge in [-0.3, -0.25) is 9.59 Å². The van der Waals surface area contributed by atoms with Crippen LogP contribution in [0.4, 0.5) is 0 Å². The van der Waals surface area contributed by atoms with Crippen molar-refractivity contribution in [2.75, 3.05) is 0 Å². The van der Waals surface area contributed by atoms with Crippen molar-refractivity contribution in [2.24, 2.45) is 0 Å². The van der Waals surface area contributed by atoms with Gasteiger partial charge < -0.3 is 10.4 Å². The monoisotopic (exact) mass is 281 g/mol. The SMILES string of the molecule is C=CC(=O)NCc1cc(C(=O)c2ccccc2)ccc1O. The molecular weight excluding hydrogens is 266 g/mol. The fourth-order valence-electron chi connectivity index (χ4n) is 1.88. The number of ketones is 1. The second-order valence-corrected chi connectivity index (χ2v) is 4.46. The average Bonchev–Trinajstić information content (AvgIpc) is 2.54. The number of amides is 1. The van der Waals surface area contributed by atoms with Gasteiger partial charge in [-0.2, -0.15) is 0 Å². The minimum Gasteiger partial charge on any atom is -0.508 e. The zero-order valence-corrected chi connectivity index (χ0v) is 11.4. The van der Waals surface area contributed by atoms with Crippen molar-refractivity contribution in [1.29, 1.82) is 0 Å². The molecule has 0 fully saturated rings. The first kappa shape index (κ1) is 14.5. The van der Waals surface area contributed by atoms with Crippen LogP contribution in [0.25, 0.3) is 0 Å². The maximum Gasteiger partial charge on any atom is 0.243 e. The quantitative estimate of drug-likeness (QED) is 0.653. The van der Waals surface area contributed by atoms with Crippen molar-refractivity contribution in [2.45, 2.75) is 6.54 Å². The van der Waals surface area contributed by atoms with Gasteiger partial charge in [-0.1, -0.05) is 36.9 Å². The number of carbonyl (C=O) groups is 2. The number of rotatable bonds is 5. The van der Waals surface area contributed by atoms with Crippen LogP contribution in [0.2, 0.25) is 0 Å². The first-order valence-electron chi connectivity index (χ1n) is 6.43. The summed E-state index contributed by atoms with van der Waals surface area (Å²) in [4.78, 5) is 23.5. The van der Waals surface area contributed by atoms with Gasteiger partial charge in [0.05, 0.1) is 0 Å². The van der Waals surface area contributed by atoms with Crippen LogP contribution < -0.4 is 5.32 Å². The largest absolute Gasteiger partial charge is 0.508 e. The summed E-state index contributed by atoms with van der Waals surface area (Å²) in [6, 6.07) is 13.5. The van der Waals surface area contributed by atoms with E-state index in [1.165, 1.54) is 6.07 Å². The van der Waals surface area contributed by atoms with Crippen molar-refractivity contribution < 1.29 is 14.7 Å². The summed E-state index contributed by atoms with van der Waals surface area (Å²) in [5.41, 5.74) is 1.51. The van der Waals surface area contributed by atoms with E-state index in [1.807, 2.05) is 6.07 Å². The van der Waals surface area contributed by atoms with E-state index in [1.54, 1.807) is 36.4 Å². The van der Waals surface area contributed by atoms with Crippen LogP contribution >= 0.6 is 0 Å². The smallest absolute Gasteiger partial charge is 0.243 e. The van der Waals surface area contributed by atoms with Crippen LogP contribution in [0.1, 0.15) is 21.5 Å². The summed E-state index contributed by atoms with van der Waals surface area (Å²) >= 11 is 0. The Morgan fingerprint density at radius 2 is 1.81 bits per heavy atom. The molecule has 0 aliphatic heterocycles. The highest BCUT2D eigenvalue weighted by Gasteiger charge is 2.11. The molecule has 0 atom stereocenters. The minimum atomic E-state index is -0.339. The number of benzene rings is 2. The number of carbonyl (C=O) groups excluding carboxylic acids is 2. The second kappa shape index (κ2) is 6.52. The average molecular weight is 281 g/mol. The Bertz CT molecular complexity index is 678. The van der Waals surface area contributed by atoms with Gasteiger partial charge in [-0.25, -0.2) is 0 Å². The lowest BCUT2D eigenvalue weighted by Crippen LogP contribution is -2.20. The molecule has 0 aliphatic rings. The lowest BCUT2D eigenvalue weighted by Gasteiger charge is -2.08. The van der Waals surface area contributed by atoms with Crippen LogP contribution in [0.5, 0.6) is 5.75 Å². The first-order valence-corrected chi connectivity index (χ1v) is 6.43. The standard InChI is InChI=1S/C17H15NO3/c1-2-16(20)18-11-14-10-13(8-9-15(14)19)17(21)12-6-4-3-5-7-12/h2-10,19H,1,11H2,(H,18,20). The molecule has 4 nitrogen and oxygen atoms in total. The van der Waals surface area contributed by atoms with E-state index in [4.69, 9.17) is 0 Å². The Morgan fingerprint density at radius 3 is 2.48 bits per heavy atom. The number of aromatic hydroxyl groups is 1. The molecule has 106 valence electrons. The van der Waals surface area contributed by atoms with Crippen molar-refractivity contribution in [3.8, 4) is 5.75 Å². The molecule has 0 spiro atoms. The molecule has 0 radical (unpaired) electrons. The second-order valence-electron chi connectivity index (χ2n) is 4.46. The predicted molar refractivity (Wildman–Crippen MR) is 80.0 cm³/mol. The van der Waals surface area contributed by atoms with E-state index in [0.717, 1.165) is 6.08 Å². The molecule has 4 heteroatoms. The summed E-state index contributed by atoms with van der Waals surface area (Å²) in [5.74, 6) is -0.440. The summed E-state index contributed by atoms with van der Waals surface area (Å²) in [7, 11) is 0. The third-order valence-electron chi connectivity index (χ3n) is 3.02. The van der Waals surface area contributed by atoms with E-state index in [0.29, 0.717) is 16.7 Å². The van der Waals surface area contributed by atoms with Gasteiger partial charge in [0.1, 0.15) is 5.75 Å². The number of hydrogen-bond donors (Lipinski definition) is 2. The molecule has 0 unspecified atom stereocenters. The summed E-state index contributed by atoms with van der Waals surface area (Å²) in [6.45, 7) is 3.48. The highest BCUT2D eigenvalue weighted by atomic mass is 16.3. The number of nitrogens with one attached hydrogen (secondary N) is 1. The fourth-order valence-corrected chi connectivity index (χ4v) is 1.88. The number of hydrogen-bond acceptors (Lipinski definition) is 3. The van der Waals surface area contributed by atoms with Crippen molar-refractivity contribution in [3.05, 3.63) is 77.9 Å². The Balaban J connectivity index is 2.24. The Hall–Kier alpha value is -2.88. The Kier molecular flexibility index (Phi) is 4.51. The van der Waals surface area contributed by atoms with Gasteiger partial charge >= 0.3 is 0 Å². The molecule has 0 saturated carbocycles.